The van der Waals surface area contributed by atoms with Crippen molar-refractivity contribution in [2.45, 2.75) is 12.3 Å². The zero-order valence-electron chi connectivity index (χ0n) is 7.56. The predicted octanol–water partition coefficient (Wildman–Crippen LogP) is 3.01. The van der Waals surface area contributed by atoms with Crippen LogP contribution in [-0.2, 0) is 4.79 Å². The van der Waals surface area contributed by atoms with Crippen LogP contribution in [-0.4, -0.2) is 11.4 Å². The Balaban J connectivity index is 2.87. The van der Waals surface area contributed by atoms with Crippen molar-refractivity contribution in [3.8, 4) is 5.75 Å². The summed E-state index contributed by atoms with van der Waals surface area (Å²) in [6.45, 7) is 0. The molecule has 0 spiro atoms. The molecule has 1 N–H and O–H groups in total. The SMILES string of the molecule is O=CCC(/C=C/I)c1ccc(O)cc1. The fourth-order valence-corrected chi connectivity index (χ4v) is 1.74. The van der Waals surface area contributed by atoms with E-state index in [1.54, 1.807) is 12.1 Å². The van der Waals surface area contributed by atoms with E-state index in [0.29, 0.717) is 6.42 Å². The maximum Gasteiger partial charge on any atom is 0.120 e. The van der Waals surface area contributed by atoms with E-state index in [0.717, 1.165) is 11.8 Å². The second-order valence-corrected chi connectivity index (χ2v) is 3.64. The largest absolute Gasteiger partial charge is 0.508 e. The Morgan fingerprint density at radius 3 is 2.50 bits per heavy atom. The van der Waals surface area contributed by atoms with Crippen molar-refractivity contribution < 1.29 is 9.90 Å². The summed E-state index contributed by atoms with van der Waals surface area (Å²) in [6.07, 6.45) is 3.36. The standard InChI is InChI=1S/C11H11IO2/c12-7-5-10(6-8-13)9-1-3-11(14)4-2-9/h1-5,7-8,10,14H,6H2/b7-5+. The fraction of sp³-hybridized carbons (Fsp3) is 0.182. The first-order valence-corrected chi connectivity index (χ1v) is 5.52. The van der Waals surface area contributed by atoms with E-state index in [-0.39, 0.29) is 11.7 Å². The summed E-state index contributed by atoms with van der Waals surface area (Å²) in [7, 11) is 0. The Bertz CT molecular complexity index is 317. The smallest absolute Gasteiger partial charge is 0.120 e. The number of aldehydes is 1. The van der Waals surface area contributed by atoms with Gasteiger partial charge in [0.15, 0.2) is 0 Å². The van der Waals surface area contributed by atoms with Crippen LogP contribution in [0.25, 0.3) is 0 Å². The van der Waals surface area contributed by atoms with Crippen molar-refractivity contribution in [3.05, 3.63) is 40.0 Å². The molecule has 1 rings (SSSR count). The second kappa shape index (κ2) is 5.80. The molecular formula is C11H11IO2. The molecule has 0 radical (unpaired) electrons. The number of carbonyl (C=O) groups is 1. The molecule has 2 nitrogen and oxygen atoms in total. The number of carbonyl (C=O) groups excluding carboxylic acids is 1. The van der Waals surface area contributed by atoms with Gasteiger partial charge in [0.05, 0.1) is 0 Å². The summed E-state index contributed by atoms with van der Waals surface area (Å²) in [5.41, 5.74) is 1.04. The van der Waals surface area contributed by atoms with Gasteiger partial charge in [-0.1, -0.05) is 40.8 Å². The van der Waals surface area contributed by atoms with Crippen LogP contribution in [0.4, 0.5) is 0 Å². The number of hydrogen-bond acceptors (Lipinski definition) is 2. The third-order valence-electron chi connectivity index (χ3n) is 1.98. The van der Waals surface area contributed by atoms with Gasteiger partial charge in [-0.2, -0.15) is 0 Å². The number of phenolic OH excluding ortho intramolecular Hbond substituents is 1. The maximum absolute atomic E-state index is 10.4. The Hall–Kier alpha value is -0.840. The average Bonchev–Trinajstić information content (AvgIpc) is 2.19. The van der Waals surface area contributed by atoms with Gasteiger partial charge >= 0.3 is 0 Å². The van der Waals surface area contributed by atoms with Crippen molar-refractivity contribution in [1.29, 1.82) is 0 Å². The fourth-order valence-electron chi connectivity index (χ4n) is 1.24. The maximum atomic E-state index is 10.4. The first-order valence-electron chi connectivity index (χ1n) is 4.27. The molecule has 0 aliphatic rings. The highest BCUT2D eigenvalue weighted by atomic mass is 127. The van der Waals surface area contributed by atoms with Gasteiger partial charge in [0.1, 0.15) is 12.0 Å². The van der Waals surface area contributed by atoms with Crippen LogP contribution in [0.2, 0.25) is 0 Å². The van der Waals surface area contributed by atoms with Crippen molar-refractivity contribution in [2.24, 2.45) is 0 Å². The van der Waals surface area contributed by atoms with E-state index in [1.807, 2.05) is 22.3 Å². The van der Waals surface area contributed by atoms with Crippen LogP contribution in [0.5, 0.6) is 5.75 Å². The highest BCUT2D eigenvalue weighted by molar-refractivity contribution is 14.1. The highest BCUT2D eigenvalue weighted by Crippen LogP contribution is 2.22. The molecule has 0 aliphatic heterocycles. The van der Waals surface area contributed by atoms with E-state index in [4.69, 9.17) is 5.11 Å². The van der Waals surface area contributed by atoms with Crippen LogP contribution >= 0.6 is 22.6 Å². The van der Waals surface area contributed by atoms with Crippen molar-refractivity contribution in [1.82, 2.24) is 0 Å². The van der Waals surface area contributed by atoms with Gasteiger partial charge in [0, 0.05) is 12.3 Å². The molecule has 0 aromatic heterocycles. The first kappa shape index (κ1) is 11.2. The molecule has 1 aromatic rings. The number of halogens is 1. The molecular weight excluding hydrogens is 291 g/mol. The lowest BCUT2D eigenvalue weighted by Gasteiger charge is -2.08. The van der Waals surface area contributed by atoms with Crippen LogP contribution in [0, 0.1) is 0 Å². The Kier molecular flexibility index (Phi) is 4.65. The third kappa shape index (κ3) is 3.14. The minimum Gasteiger partial charge on any atom is -0.508 e. The first-order chi connectivity index (χ1) is 6.77. The highest BCUT2D eigenvalue weighted by Gasteiger charge is 2.06. The molecule has 14 heavy (non-hydrogen) atoms. The average molecular weight is 302 g/mol. The minimum absolute atomic E-state index is 0.116. The van der Waals surface area contributed by atoms with E-state index >= 15 is 0 Å². The molecule has 1 aromatic carbocycles. The zero-order chi connectivity index (χ0) is 10.4. The van der Waals surface area contributed by atoms with Gasteiger partial charge in [0.2, 0.25) is 0 Å². The molecule has 74 valence electrons. The molecule has 0 heterocycles. The Labute approximate surface area is 96.8 Å². The number of aromatic hydroxyl groups is 1. The number of benzene rings is 1. The van der Waals surface area contributed by atoms with Gasteiger partial charge < -0.3 is 9.90 Å². The van der Waals surface area contributed by atoms with Crippen molar-refractivity contribution >= 4 is 28.9 Å². The summed E-state index contributed by atoms with van der Waals surface area (Å²) in [6, 6.07) is 6.93. The van der Waals surface area contributed by atoms with Gasteiger partial charge in [-0.15, -0.1) is 0 Å². The minimum atomic E-state index is 0.116. The molecule has 0 aliphatic carbocycles. The normalized spacial score (nSPS) is 12.9. The Morgan fingerprint density at radius 2 is 2.00 bits per heavy atom. The molecule has 0 fully saturated rings. The van der Waals surface area contributed by atoms with E-state index in [2.05, 4.69) is 22.6 Å². The molecule has 0 saturated heterocycles. The van der Waals surface area contributed by atoms with Gasteiger partial charge in [-0.25, -0.2) is 0 Å². The molecule has 3 heteroatoms. The summed E-state index contributed by atoms with van der Waals surface area (Å²) < 4.78 is 1.90. The number of rotatable bonds is 4. The summed E-state index contributed by atoms with van der Waals surface area (Å²) in [5.74, 6) is 0.363. The molecule has 1 unspecified atom stereocenters. The van der Waals surface area contributed by atoms with E-state index in [9.17, 15) is 4.79 Å². The number of allylic oxidation sites excluding steroid dienone is 1. The van der Waals surface area contributed by atoms with Crippen molar-refractivity contribution in [3.63, 3.8) is 0 Å². The number of phenols is 1. The van der Waals surface area contributed by atoms with Crippen molar-refractivity contribution in [2.75, 3.05) is 0 Å². The zero-order valence-corrected chi connectivity index (χ0v) is 9.72. The lowest BCUT2D eigenvalue weighted by atomic mass is 9.96. The monoisotopic (exact) mass is 302 g/mol. The van der Waals surface area contributed by atoms with Crippen LogP contribution in [0.1, 0.15) is 17.9 Å². The van der Waals surface area contributed by atoms with Gasteiger partial charge in [0.25, 0.3) is 0 Å². The molecule has 0 saturated carbocycles. The van der Waals surface area contributed by atoms with Gasteiger partial charge in [-0.05, 0) is 21.8 Å². The molecule has 0 bridgehead atoms. The van der Waals surface area contributed by atoms with E-state index in [1.165, 1.54) is 0 Å². The molecule has 1 atom stereocenters. The number of hydrogen-bond donors (Lipinski definition) is 1. The quantitative estimate of drug-likeness (QED) is 0.686. The summed E-state index contributed by atoms with van der Waals surface area (Å²) in [4.78, 5) is 10.4. The second-order valence-electron chi connectivity index (χ2n) is 2.92. The van der Waals surface area contributed by atoms with Crippen LogP contribution in [0.3, 0.4) is 0 Å². The lowest BCUT2D eigenvalue weighted by Crippen LogP contribution is -1.95. The predicted molar refractivity (Wildman–Crippen MR) is 64.7 cm³/mol. The van der Waals surface area contributed by atoms with Gasteiger partial charge in [-0.3, -0.25) is 0 Å². The summed E-state index contributed by atoms with van der Waals surface area (Å²) >= 11 is 2.13. The lowest BCUT2D eigenvalue weighted by molar-refractivity contribution is -0.108. The topological polar surface area (TPSA) is 37.3 Å². The van der Waals surface area contributed by atoms with Crippen LogP contribution < -0.4 is 0 Å². The summed E-state index contributed by atoms with van der Waals surface area (Å²) in [5, 5.41) is 9.11. The van der Waals surface area contributed by atoms with E-state index < -0.39 is 0 Å². The molecule has 0 amide bonds. The Morgan fingerprint density at radius 1 is 1.36 bits per heavy atom. The third-order valence-corrected chi connectivity index (χ3v) is 2.39. The van der Waals surface area contributed by atoms with Crippen LogP contribution in [0.15, 0.2) is 34.4 Å².